The standard InChI is InChI=1S/C22H18N6O2S2/c1-27-21(30)18-15-8-5-9-16(15)32-20(18)26-22(27)31-12-17(29)25-19-13(10-23)11-24-28(19)14-6-3-2-4-7-14/h2-4,6-7,11H,5,8-9,12H2,1H3,(H,25,29). The lowest BCUT2D eigenvalue weighted by molar-refractivity contribution is -0.113. The van der Waals surface area contributed by atoms with Gasteiger partial charge in [-0.15, -0.1) is 11.3 Å². The summed E-state index contributed by atoms with van der Waals surface area (Å²) in [4.78, 5) is 32.3. The van der Waals surface area contributed by atoms with Crippen LogP contribution in [0.25, 0.3) is 15.9 Å². The molecule has 0 unspecified atom stereocenters. The molecule has 10 heteroatoms. The van der Waals surface area contributed by atoms with Crippen molar-refractivity contribution >= 4 is 45.0 Å². The van der Waals surface area contributed by atoms with Gasteiger partial charge in [0.05, 0.1) is 23.0 Å². The summed E-state index contributed by atoms with van der Waals surface area (Å²) < 4.78 is 3.04. The van der Waals surface area contributed by atoms with E-state index >= 15 is 0 Å². The SMILES string of the molecule is Cn1c(SCC(=O)Nc2c(C#N)cnn2-c2ccccc2)nc2sc3c(c2c1=O)CCC3. The van der Waals surface area contributed by atoms with Crippen molar-refractivity contribution in [3.63, 3.8) is 0 Å². The van der Waals surface area contributed by atoms with Crippen LogP contribution in [0.4, 0.5) is 5.82 Å². The fourth-order valence-corrected chi connectivity index (χ4v) is 5.92. The maximum atomic E-state index is 12.9. The first kappa shape index (κ1) is 20.5. The number of fused-ring (bicyclic) bond motifs is 3. The van der Waals surface area contributed by atoms with Crippen LogP contribution in [-0.2, 0) is 24.7 Å². The third kappa shape index (κ3) is 3.49. The molecule has 1 amide bonds. The van der Waals surface area contributed by atoms with E-state index in [1.807, 2.05) is 30.3 Å². The van der Waals surface area contributed by atoms with Gasteiger partial charge >= 0.3 is 0 Å². The molecule has 3 aromatic heterocycles. The lowest BCUT2D eigenvalue weighted by atomic mass is 10.2. The summed E-state index contributed by atoms with van der Waals surface area (Å²) in [7, 11) is 1.69. The number of carbonyl (C=O) groups excluding carboxylic acids is 1. The molecule has 0 radical (unpaired) electrons. The van der Waals surface area contributed by atoms with Gasteiger partial charge in [0.1, 0.15) is 16.5 Å². The molecule has 4 aromatic rings. The minimum Gasteiger partial charge on any atom is -0.309 e. The summed E-state index contributed by atoms with van der Waals surface area (Å²) in [5.41, 5.74) is 2.08. The van der Waals surface area contributed by atoms with Crippen LogP contribution in [0.3, 0.4) is 0 Å². The summed E-state index contributed by atoms with van der Waals surface area (Å²) in [6.45, 7) is 0. The molecule has 0 bridgehead atoms. The second kappa shape index (κ2) is 8.26. The zero-order valence-electron chi connectivity index (χ0n) is 17.2. The van der Waals surface area contributed by atoms with E-state index < -0.39 is 0 Å². The third-order valence-corrected chi connectivity index (χ3v) is 7.60. The molecule has 1 aromatic carbocycles. The van der Waals surface area contributed by atoms with Crippen LogP contribution >= 0.6 is 23.1 Å². The van der Waals surface area contributed by atoms with Crippen molar-refractivity contribution in [1.82, 2.24) is 19.3 Å². The van der Waals surface area contributed by atoms with Crippen LogP contribution in [0.1, 0.15) is 22.4 Å². The molecule has 0 aliphatic heterocycles. The van der Waals surface area contributed by atoms with Crippen molar-refractivity contribution in [2.75, 3.05) is 11.1 Å². The number of carbonyl (C=O) groups is 1. The Hall–Kier alpha value is -3.42. The largest absolute Gasteiger partial charge is 0.309 e. The quantitative estimate of drug-likeness (QED) is 0.360. The number of benzene rings is 1. The molecular weight excluding hydrogens is 444 g/mol. The van der Waals surface area contributed by atoms with Gasteiger partial charge in [0.15, 0.2) is 11.0 Å². The normalized spacial score (nSPS) is 12.6. The fraction of sp³-hybridized carbons (Fsp3) is 0.227. The molecule has 0 fully saturated rings. The molecule has 8 nitrogen and oxygen atoms in total. The topological polar surface area (TPSA) is 106 Å². The van der Waals surface area contributed by atoms with E-state index in [1.165, 1.54) is 32.1 Å². The predicted octanol–water partition coefficient (Wildman–Crippen LogP) is 3.27. The number of amides is 1. The van der Waals surface area contributed by atoms with Crippen molar-refractivity contribution < 1.29 is 4.79 Å². The minimum absolute atomic E-state index is 0.0434. The summed E-state index contributed by atoms with van der Waals surface area (Å²) >= 11 is 2.78. The number of aryl methyl sites for hydroxylation is 2. The Bertz CT molecular complexity index is 1450. The smallest absolute Gasteiger partial charge is 0.262 e. The monoisotopic (exact) mass is 462 g/mol. The van der Waals surface area contributed by atoms with Gasteiger partial charge < -0.3 is 5.32 Å². The number of nitrogens with one attached hydrogen (secondary N) is 1. The Morgan fingerprint density at radius 1 is 1.31 bits per heavy atom. The highest BCUT2D eigenvalue weighted by Gasteiger charge is 2.23. The summed E-state index contributed by atoms with van der Waals surface area (Å²) in [5, 5.41) is 17.6. The highest BCUT2D eigenvalue weighted by molar-refractivity contribution is 7.99. The molecule has 3 heterocycles. The van der Waals surface area contributed by atoms with Crippen molar-refractivity contribution in [3.05, 3.63) is 62.9 Å². The van der Waals surface area contributed by atoms with Gasteiger partial charge in [0.2, 0.25) is 5.91 Å². The van der Waals surface area contributed by atoms with Gasteiger partial charge in [-0.2, -0.15) is 10.4 Å². The van der Waals surface area contributed by atoms with Crippen LogP contribution in [0.15, 0.2) is 46.5 Å². The molecule has 1 N–H and O–H groups in total. The van der Waals surface area contributed by atoms with Crippen LogP contribution in [0.5, 0.6) is 0 Å². The highest BCUT2D eigenvalue weighted by atomic mass is 32.2. The molecule has 0 spiro atoms. The first-order chi connectivity index (χ1) is 15.6. The number of para-hydroxylation sites is 1. The highest BCUT2D eigenvalue weighted by Crippen LogP contribution is 2.35. The van der Waals surface area contributed by atoms with Crippen molar-refractivity contribution in [3.8, 4) is 11.8 Å². The lowest BCUT2D eigenvalue weighted by Gasteiger charge is -2.10. The number of aromatic nitrogens is 4. The Kier molecular flexibility index (Phi) is 5.28. The molecule has 32 heavy (non-hydrogen) atoms. The fourth-order valence-electron chi connectivity index (χ4n) is 3.85. The molecule has 1 aliphatic carbocycles. The zero-order chi connectivity index (χ0) is 22.2. The van der Waals surface area contributed by atoms with Crippen molar-refractivity contribution in [2.45, 2.75) is 24.4 Å². The molecule has 160 valence electrons. The van der Waals surface area contributed by atoms with E-state index in [1.54, 1.807) is 18.4 Å². The van der Waals surface area contributed by atoms with Crippen molar-refractivity contribution in [2.24, 2.45) is 7.05 Å². The minimum atomic E-state index is -0.313. The van der Waals surface area contributed by atoms with E-state index in [2.05, 4.69) is 21.5 Å². The maximum Gasteiger partial charge on any atom is 0.262 e. The van der Waals surface area contributed by atoms with Crippen LogP contribution in [0, 0.1) is 11.3 Å². The predicted molar refractivity (Wildman–Crippen MR) is 125 cm³/mol. The number of anilines is 1. The van der Waals surface area contributed by atoms with E-state index in [4.69, 9.17) is 0 Å². The summed E-state index contributed by atoms with van der Waals surface area (Å²) in [6, 6.07) is 11.3. The maximum absolute atomic E-state index is 12.9. The Morgan fingerprint density at radius 2 is 2.12 bits per heavy atom. The van der Waals surface area contributed by atoms with Gasteiger partial charge in [0, 0.05) is 11.9 Å². The molecule has 0 atom stereocenters. The number of hydrogen-bond acceptors (Lipinski definition) is 7. The first-order valence-electron chi connectivity index (χ1n) is 10.0. The Balaban J connectivity index is 1.37. The summed E-state index contributed by atoms with van der Waals surface area (Å²) in [5.74, 6) is 0.0466. The Labute approximate surface area is 191 Å². The number of thioether (sulfide) groups is 1. The van der Waals surface area contributed by atoms with Crippen LogP contribution in [0.2, 0.25) is 0 Å². The van der Waals surface area contributed by atoms with E-state index in [9.17, 15) is 14.9 Å². The summed E-state index contributed by atoms with van der Waals surface area (Å²) in [6.07, 6.45) is 4.43. The number of rotatable bonds is 5. The molecule has 5 rings (SSSR count). The van der Waals surface area contributed by atoms with Crippen LogP contribution in [-0.4, -0.2) is 31.0 Å². The third-order valence-electron chi connectivity index (χ3n) is 5.39. The number of hydrogen-bond donors (Lipinski definition) is 1. The molecule has 0 saturated heterocycles. The zero-order valence-corrected chi connectivity index (χ0v) is 18.8. The van der Waals surface area contributed by atoms with Gasteiger partial charge in [-0.1, -0.05) is 30.0 Å². The average molecular weight is 463 g/mol. The average Bonchev–Trinajstić information content (AvgIpc) is 3.50. The molecule has 0 saturated carbocycles. The van der Waals surface area contributed by atoms with Gasteiger partial charge in [0.25, 0.3) is 5.56 Å². The van der Waals surface area contributed by atoms with Crippen LogP contribution < -0.4 is 10.9 Å². The van der Waals surface area contributed by atoms with E-state index in [-0.39, 0.29) is 22.8 Å². The number of nitriles is 1. The first-order valence-corrected chi connectivity index (χ1v) is 11.8. The van der Waals surface area contributed by atoms with Crippen molar-refractivity contribution in [1.29, 1.82) is 5.26 Å². The van der Waals surface area contributed by atoms with E-state index in [0.29, 0.717) is 11.0 Å². The lowest BCUT2D eigenvalue weighted by Crippen LogP contribution is -2.22. The number of nitrogens with zero attached hydrogens (tertiary/aromatic N) is 5. The molecular formula is C22H18N6O2S2. The van der Waals surface area contributed by atoms with Gasteiger partial charge in [-0.05, 0) is 37.0 Å². The van der Waals surface area contributed by atoms with Gasteiger partial charge in [-0.3, -0.25) is 14.2 Å². The number of thiophene rings is 1. The molecule has 1 aliphatic rings. The second-order valence-electron chi connectivity index (χ2n) is 7.40. The van der Waals surface area contributed by atoms with E-state index in [0.717, 1.165) is 40.7 Å². The van der Waals surface area contributed by atoms with Gasteiger partial charge in [-0.25, -0.2) is 9.67 Å². The Morgan fingerprint density at radius 3 is 2.91 bits per heavy atom. The second-order valence-corrected chi connectivity index (χ2v) is 9.43.